The maximum absolute atomic E-state index is 12.0. The van der Waals surface area contributed by atoms with Gasteiger partial charge in [0.05, 0.1) is 15.4 Å². The van der Waals surface area contributed by atoms with Crippen LogP contribution in [0.4, 0.5) is 5.69 Å². The molecule has 1 N–H and O–H groups in total. The van der Waals surface area contributed by atoms with E-state index in [0.29, 0.717) is 17.4 Å². The van der Waals surface area contributed by atoms with E-state index in [4.69, 9.17) is 4.74 Å². The Labute approximate surface area is 151 Å². The molecule has 0 aliphatic rings. The largest absolute Gasteiger partial charge is 0.452 e. The molecule has 0 radical (unpaired) electrons. The van der Waals surface area contributed by atoms with Gasteiger partial charge in [-0.05, 0) is 36.6 Å². The summed E-state index contributed by atoms with van der Waals surface area (Å²) in [6, 6.07) is 4.23. The van der Waals surface area contributed by atoms with Gasteiger partial charge in [-0.2, -0.15) is 0 Å². The first-order chi connectivity index (χ1) is 11.8. The summed E-state index contributed by atoms with van der Waals surface area (Å²) in [5.74, 6) is 0.124. The Kier molecular flexibility index (Phi) is 8.98. The molecule has 0 aliphatic heterocycles. The standard InChI is InChI=1S/C17H24N2O5S/c1-4-8-18-16(20)11-24-17(21)13-5-6-15(14(10-13)19(22)23)25-9-7-12(2)3/h5-6,10,12H,4,7-9,11H2,1-3H3,(H,18,20). The second-order valence-electron chi connectivity index (χ2n) is 5.90. The van der Waals surface area contributed by atoms with Gasteiger partial charge in [0.25, 0.3) is 11.6 Å². The highest BCUT2D eigenvalue weighted by molar-refractivity contribution is 7.99. The van der Waals surface area contributed by atoms with E-state index >= 15 is 0 Å². The Balaban J connectivity index is 2.74. The molecule has 0 heterocycles. The molecule has 1 amide bonds. The summed E-state index contributed by atoms with van der Waals surface area (Å²) >= 11 is 1.39. The number of esters is 1. The summed E-state index contributed by atoms with van der Waals surface area (Å²) in [5, 5.41) is 13.8. The Bertz CT molecular complexity index is 619. The summed E-state index contributed by atoms with van der Waals surface area (Å²) < 4.78 is 4.89. The lowest BCUT2D eigenvalue weighted by Crippen LogP contribution is -2.29. The molecule has 0 spiro atoms. The van der Waals surface area contributed by atoms with Gasteiger partial charge >= 0.3 is 5.97 Å². The van der Waals surface area contributed by atoms with Crippen LogP contribution in [0.2, 0.25) is 0 Å². The van der Waals surface area contributed by atoms with Crippen molar-refractivity contribution in [3.05, 3.63) is 33.9 Å². The molecule has 0 saturated carbocycles. The number of nitro benzene ring substituents is 1. The lowest BCUT2D eigenvalue weighted by Gasteiger charge is -2.08. The van der Waals surface area contributed by atoms with Gasteiger partial charge < -0.3 is 10.1 Å². The van der Waals surface area contributed by atoms with Crippen molar-refractivity contribution in [1.29, 1.82) is 0 Å². The minimum atomic E-state index is -0.756. The second-order valence-corrected chi connectivity index (χ2v) is 7.03. The molecule has 7 nitrogen and oxygen atoms in total. The molecule has 0 unspecified atom stereocenters. The molecule has 0 atom stereocenters. The summed E-state index contributed by atoms with van der Waals surface area (Å²) in [6.07, 6.45) is 1.72. The van der Waals surface area contributed by atoms with Crippen LogP contribution >= 0.6 is 11.8 Å². The Morgan fingerprint density at radius 1 is 1.36 bits per heavy atom. The van der Waals surface area contributed by atoms with Gasteiger partial charge in [0, 0.05) is 12.6 Å². The summed E-state index contributed by atoms with van der Waals surface area (Å²) in [4.78, 5) is 34.7. The molecular weight excluding hydrogens is 344 g/mol. The number of hydrogen-bond acceptors (Lipinski definition) is 6. The van der Waals surface area contributed by atoms with Crippen LogP contribution in [0.25, 0.3) is 0 Å². The van der Waals surface area contributed by atoms with Gasteiger partial charge in [0.2, 0.25) is 0 Å². The van der Waals surface area contributed by atoms with Crippen LogP contribution in [0.5, 0.6) is 0 Å². The van der Waals surface area contributed by atoms with Crippen LogP contribution < -0.4 is 5.32 Å². The van der Waals surface area contributed by atoms with Gasteiger partial charge in [0.1, 0.15) is 0 Å². The first-order valence-electron chi connectivity index (χ1n) is 8.20. The van der Waals surface area contributed by atoms with E-state index in [2.05, 4.69) is 19.2 Å². The first-order valence-corrected chi connectivity index (χ1v) is 9.18. The highest BCUT2D eigenvalue weighted by atomic mass is 32.2. The second kappa shape index (κ2) is 10.7. The molecule has 1 aromatic carbocycles. The van der Waals surface area contributed by atoms with Crippen LogP contribution in [-0.2, 0) is 9.53 Å². The third kappa shape index (κ3) is 7.55. The average Bonchev–Trinajstić information content (AvgIpc) is 2.57. The van der Waals surface area contributed by atoms with Gasteiger partial charge in [-0.15, -0.1) is 11.8 Å². The van der Waals surface area contributed by atoms with E-state index in [-0.39, 0.29) is 11.3 Å². The minimum Gasteiger partial charge on any atom is -0.452 e. The van der Waals surface area contributed by atoms with Gasteiger partial charge in [-0.25, -0.2) is 4.79 Å². The number of hydrogen-bond donors (Lipinski definition) is 1. The maximum atomic E-state index is 12.0. The number of nitrogens with zero attached hydrogens (tertiary/aromatic N) is 1. The summed E-state index contributed by atoms with van der Waals surface area (Å²) in [5.41, 5.74) is -0.0677. The van der Waals surface area contributed by atoms with Crippen LogP contribution in [-0.4, -0.2) is 35.7 Å². The van der Waals surface area contributed by atoms with E-state index in [1.807, 2.05) is 6.92 Å². The number of nitro groups is 1. The maximum Gasteiger partial charge on any atom is 0.338 e. The molecule has 0 fully saturated rings. The van der Waals surface area contributed by atoms with E-state index < -0.39 is 23.4 Å². The van der Waals surface area contributed by atoms with Gasteiger partial charge in [-0.3, -0.25) is 14.9 Å². The molecule has 8 heteroatoms. The van der Waals surface area contributed by atoms with Crippen molar-refractivity contribution in [3.8, 4) is 0 Å². The van der Waals surface area contributed by atoms with Crippen molar-refractivity contribution >= 4 is 29.3 Å². The molecule has 0 bridgehead atoms. The lowest BCUT2D eigenvalue weighted by molar-refractivity contribution is -0.387. The fourth-order valence-corrected chi connectivity index (χ4v) is 3.10. The fraction of sp³-hybridized carbons (Fsp3) is 0.529. The lowest BCUT2D eigenvalue weighted by atomic mass is 10.2. The molecule has 0 aliphatic carbocycles. The van der Waals surface area contributed by atoms with Crippen molar-refractivity contribution in [1.82, 2.24) is 5.32 Å². The number of benzene rings is 1. The Morgan fingerprint density at radius 3 is 2.68 bits per heavy atom. The molecule has 25 heavy (non-hydrogen) atoms. The van der Waals surface area contributed by atoms with Crippen molar-refractivity contribution in [3.63, 3.8) is 0 Å². The molecular formula is C17H24N2O5S. The Morgan fingerprint density at radius 2 is 2.08 bits per heavy atom. The number of carbonyl (C=O) groups excluding carboxylic acids is 2. The third-order valence-corrected chi connectivity index (χ3v) is 4.35. The van der Waals surface area contributed by atoms with Crippen molar-refractivity contribution in [2.45, 2.75) is 38.5 Å². The zero-order chi connectivity index (χ0) is 18.8. The average molecular weight is 368 g/mol. The number of rotatable bonds is 10. The third-order valence-electron chi connectivity index (χ3n) is 3.25. The monoisotopic (exact) mass is 368 g/mol. The SMILES string of the molecule is CCCNC(=O)COC(=O)c1ccc(SCCC(C)C)c([N+](=O)[O-])c1. The van der Waals surface area contributed by atoms with Crippen LogP contribution in [0.3, 0.4) is 0 Å². The number of thioether (sulfide) groups is 1. The molecule has 138 valence electrons. The highest BCUT2D eigenvalue weighted by Gasteiger charge is 2.19. The van der Waals surface area contributed by atoms with Crippen molar-refractivity contribution < 1.29 is 19.2 Å². The van der Waals surface area contributed by atoms with Gasteiger partial charge in [0.15, 0.2) is 6.61 Å². The van der Waals surface area contributed by atoms with Crippen LogP contribution in [0, 0.1) is 16.0 Å². The topological polar surface area (TPSA) is 98.5 Å². The van der Waals surface area contributed by atoms with E-state index in [9.17, 15) is 19.7 Å². The normalized spacial score (nSPS) is 10.6. The zero-order valence-corrected chi connectivity index (χ0v) is 15.6. The number of carbonyl (C=O) groups is 2. The number of ether oxygens (including phenoxy) is 1. The predicted octanol–water partition coefficient (Wildman–Crippen LogP) is 3.42. The predicted molar refractivity (Wildman–Crippen MR) is 96.9 cm³/mol. The molecule has 1 rings (SSSR count). The molecule has 0 saturated heterocycles. The first kappa shape index (κ1) is 21.0. The highest BCUT2D eigenvalue weighted by Crippen LogP contribution is 2.31. The Hall–Kier alpha value is -2.09. The van der Waals surface area contributed by atoms with Crippen molar-refractivity contribution in [2.75, 3.05) is 18.9 Å². The summed E-state index contributed by atoms with van der Waals surface area (Å²) in [7, 11) is 0. The van der Waals surface area contributed by atoms with Crippen LogP contribution in [0.1, 0.15) is 44.0 Å². The summed E-state index contributed by atoms with van der Waals surface area (Å²) in [6.45, 7) is 6.18. The fourth-order valence-electron chi connectivity index (χ4n) is 1.84. The van der Waals surface area contributed by atoms with Crippen LogP contribution in [0.15, 0.2) is 23.1 Å². The molecule has 0 aromatic heterocycles. The van der Waals surface area contributed by atoms with Crippen molar-refractivity contribution in [2.24, 2.45) is 5.92 Å². The minimum absolute atomic E-state index is 0.0585. The number of amides is 1. The van der Waals surface area contributed by atoms with E-state index in [1.54, 1.807) is 6.07 Å². The quantitative estimate of drug-likeness (QED) is 0.294. The van der Waals surface area contributed by atoms with Gasteiger partial charge in [-0.1, -0.05) is 20.8 Å². The van der Waals surface area contributed by atoms with E-state index in [0.717, 1.165) is 18.6 Å². The molecule has 1 aromatic rings. The zero-order valence-electron chi connectivity index (χ0n) is 14.7. The number of nitrogens with one attached hydrogen (secondary N) is 1. The van der Waals surface area contributed by atoms with E-state index in [1.165, 1.54) is 23.9 Å². The smallest absolute Gasteiger partial charge is 0.338 e.